The Hall–Kier alpha value is -3.64. The standard InChI is InChI=1S/C29H33N3O3/c1-21-8-7-9-22(2)28(21)30-27(33)20-31-16-18-32(19-17-31)29(34)23(3)35-26-14-12-25(13-15-26)24-10-5-4-6-11-24/h4-15,23H,16-20H2,1-3H3,(H,30,33). The van der Waals surface area contributed by atoms with Gasteiger partial charge in [-0.3, -0.25) is 14.5 Å². The monoisotopic (exact) mass is 471 g/mol. The van der Waals surface area contributed by atoms with E-state index in [1.807, 2.05) is 79.4 Å². The van der Waals surface area contributed by atoms with Crippen molar-refractivity contribution in [3.05, 3.63) is 83.9 Å². The first-order valence-corrected chi connectivity index (χ1v) is 12.1. The first kappa shape index (κ1) is 24.5. The summed E-state index contributed by atoms with van der Waals surface area (Å²) in [6.45, 7) is 8.57. The predicted molar refractivity (Wildman–Crippen MR) is 140 cm³/mol. The maximum atomic E-state index is 12.9. The van der Waals surface area contributed by atoms with E-state index < -0.39 is 6.10 Å². The minimum atomic E-state index is -0.573. The number of carbonyl (C=O) groups excluding carboxylic acids is 2. The number of para-hydroxylation sites is 1. The fraction of sp³-hybridized carbons (Fsp3) is 0.310. The van der Waals surface area contributed by atoms with Gasteiger partial charge < -0.3 is 15.0 Å². The number of nitrogens with zero attached hydrogens (tertiary/aromatic N) is 2. The van der Waals surface area contributed by atoms with Crippen LogP contribution in [-0.2, 0) is 9.59 Å². The van der Waals surface area contributed by atoms with Gasteiger partial charge in [-0.05, 0) is 55.2 Å². The van der Waals surface area contributed by atoms with Crippen LogP contribution in [0.15, 0.2) is 72.8 Å². The zero-order valence-corrected chi connectivity index (χ0v) is 20.7. The molecule has 1 unspecified atom stereocenters. The minimum Gasteiger partial charge on any atom is -0.481 e. The van der Waals surface area contributed by atoms with Gasteiger partial charge in [0.15, 0.2) is 6.10 Å². The lowest BCUT2D eigenvalue weighted by Gasteiger charge is -2.35. The normalized spacial score (nSPS) is 14.9. The fourth-order valence-electron chi connectivity index (χ4n) is 4.39. The largest absolute Gasteiger partial charge is 0.481 e. The van der Waals surface area contributed by atoms with Crippen LogP contribution in [0.3, 0.4) is 0 Å². The molecule has 0 bridgehead atoms. The summed E-state index contributed by atoms with van der Waals surface area (Å²) in [5.41, 5.74) is 5.24. The number of rotatable bonds is 7. The van der Waals surface area contributed by atoms with Crippen LogP contribution < -0.4 is 10.1 Å². The molecule has 1 heterocycles. The molecule has 1 aliphatic rings. The van der Waals surface area contributed by atoms with Gasteiger partial charge in [0.1, 0.15) is 5.75 Å². The van der Waals surface area contributed by atoms with Crippen LogP contribution in [0.4, 0.5) is 5.69 Å². The Morgan fingerprint density at radius 1 is 0.829 bits per heavy atom. The average molecular weight is 472 g/mol. The third-order valence-corrected chi connectivity index (χ3v) is 6.42. The zero-order chi connectivity index (χ0) is 24.8. The summed E-state index contributed by atoms with van der Waals surface area (Å²) in [5.74, 6) is 0.613. The second-order valence-corrected chi connectivity index (χ2v) is 9.07. The summed E-state index contributed by atoms with van der Waals surface area (Å²) in [7, 11) is 0. The highest BCUT2D eigenvalue weighted by atomic mass is 16.5. The van der Waals surface area contributed by atoms with Crippen molar-refractivity contribution in [2.45, 2.75) is 26.9 Å². The molecule has 1 saturated heterocycles. The van der Waals surface area contributed by atoms with Gasteiger partial charge >= 0.3 is 0 Å². The number of hydrogen-bond donors (Lipinski definition) is 1. The Labute approximate surface area is 207 Å². The van der Waals surface area contributed by atoms with Crippen LogP contribution in [0.5, 0.6) is 5.75 Å². The molecule has 182 valence electrons. The first-order chi connectivity index (χ1) is 16.9. The molecule has 0 spiro atoms. The van der Waals surface area contributed by atoms with Crippen LogP contribution in [0, 0.1) is 13.8 Å². The number of ether oxygens (including phenoxy) is 1. The topological polar surface area (TPSA) is 61.9 Å². The van der Waals surface area contributed by atoms with E-state index in [0.29, 0.717) is 38.5 Å². The molecule has 6 heteroatoms. The van der Waals surface area contributed by atoms with E-state index in [0.717, 1.165) is 27.9 Å². The summed E-state index contributed by atoms with van der Waals surface area (Å²) in [4.78, 5) is 29.4. The van der Waals surface area contributed by atoms with Gasteiger partial charge in [0.05, 0.1) is 6.54 Å². The molecule has 4 rings (SSSR count). The van der Waals surface area contributed by atoms with E-state index in [9.17, 15) is 9.59 Å². The van der Waals surface area contributed by atoms with Gasteiger partial charge in [0, 0.05) is 31.9 Å². The minimum absolute atomic E-state index is 0.0298. The molecule has 3 aromatic carbocycles. The number of hydrogen-bond acceptors (Lipinski definition) is 4. The number of aryl methyl sites for hydroxylation is 2. The number of carbonyl (C=O) groups is 2. The Kier molecular flexibility index (Phi) is 7.83. The maximum Gasteiger partial charge on any atom is 0.263 e. The molecule has 0 radical (unpaired) electrons. The lowest BCUT2D eigenvalue weighted by atomic mass is 10.1. The van der Waals surface area contributed by atoms with Gasteiger partial charge in [-0.15, -0.1) is 0 Å². The molecule has 35 heavy (non-hydrogen) atoms. The Balaban J connectivity index is 1.24. The van der Waals surface area contributed by atoms with Crippen LogP contribution in [0.25, 0.3) is 11.1 Å². The second-order valence-electron chi connectivity index (χ2n) is 9.07. The molecule has 2 amide bonds. The van der Waals surface area contributed by atoms with E-state index in [1.165, 1.54) is 0 Å². The van der Waals surface area contributed by atoms with E-state index >= 15 is 0 Å². The van der Waals surface area contributed by atoms with Crippen molar-refractivity contribution < 1.29 is 14.3 Å². The highest BCUT2D eigenvalue weighted by Gasteiger charge is 2.27. The molecule has 6 nitrogen and oxygen atoms in total. The molecule has 0 saturated carbocycles. The highest BCUT2D eigenvalue weighted by molar-refractivity contribution is 5.93. The van der Waals surface area contributed by atoms with Crippen molar-refractivity contribution in [3.63, 3.8) is 0 Å². The SMILES string of the molecule is Cc1cccc(C)c1NC(=O)CN1CCN(C(=O)C(C)Oc2ccc(-c3ccccc3)cc2)CC1. The van der Waals surface area contributed by atoms with Crippen molar-refractivity contribution in [2.75, 3.05) is 38.0 Å². The molecule has 1 fully saturated rings. The molecule has 3 aromatic rings. The van der Waals surface area contributed by atoms with Crippen molar-refractivity contribution in [3.8, 4) is 16.9 Å². The molecule has 1 aliphatic heterocycles. The lowest BCUT2D eigenvalue weighted by Crippen LogP contribution is -2.53. The summed E-state index contributed by atoms with van der Waals surface area (Å²) < 4.78 is 5.93. The van der Waals surface area contributed by atoms with Crippen molar-refractivity contribution in [1.29, 1.82) is 0 Å². The Bertz CT molecular complexity index is 1130. The first-order valence-electron chi connectivity index (χ1n) is 12.1. The van der Waals surface area contributed by atoms with Gasteiger partial charge in [-0.25, -0.2) is 0 Å². The quantitative estimate of drug-likeness (QED) is 0.550. The van der Waals surface area contributed by atoms with Crippen LogP contribution >= 0.6 is 0 Å². The smallest absolute Gasteiger partial charge is 0.263 e. The van der Waals surface area contributed by atoms with Crippen molar-refractivity contribution >= 4 is 17.5 Å². The van der Waals surface area contributed by atoms with Crippen LogP contribution in [-0.4, -0.2) is 60.4 Å². The summed E-state index contributed by atoms with van der Waals surface area (Å²) in [6.07, 6.45) is -0.573. The molecular formula is C29H33N3O3. The number of piperazine rings is 1. The van der Waals surface area contributed by atoms with E-state index in [4.69, 9.17) is 4.74 Å². The van der Waals surface area contributed by atoms with E-state index in [1.54, 1.807) is 6.92 Å². The van der Waals surface area contributed by atoms with Gasteiger partial charge in [-0.2, -0.15) is 0 Å². The summed E-state index contributed by atoms with van der Waals surface area (Å²) in [6, 6.07) is 23.9. The number of nitrogens with one attached hydrogen (secondary N) is 1. The molecular weight excluding hydrogens is 438 g/mol. The van der Waals surface area contributed by atoms with Gasteiger partial charge in [0.2, 0.25) is 5.91 Å². The summed E-state index contributed by atoms with van der Waals surface area (Å²) >= 11 is 0. The third-order valence-electron chi connectivity index (χ3n) is 6.42. The molecule has 1 N–H and O–H groups in total. The third kappa shape index (κ3) is 6.28. The van der Waals surface area contributed by atoms with Gasteiger partial charge in [-0.1, -0.05) is 60.7 Å². The van der Waals surface area contributed by atoms with Crippen molar-refractivity contribution in [1.82, 2.24) is 9.80 Å². The summed E-state index contributed by atoms with van der Waals surface area (Å²) in [5, 5.41) is 3.04. The maximum absolute atomic E-state index is 12.9. The van der Waals surface area contributed by atoms with E-state index in [-0.39, 0.29) is 11.8 Å². The molecule has 0 aliphatic carbocycles. The predicted octanol–water partition coefficient (Wildman–Crippen LogP) is 4.52. The fourth-order valence-corrected chi connectivity index (χ4v) is 4.39. The van der Waals surface area contributed by atoms with Crippen LogP contribution in [0.1, 0.15) is 18.1 Å². The number of benzene rings is 3. The zero-order valence-electron chi connectivity index (χ0n) is 20.7. The number of amides is 2. The Morgan fingerprint density at radius 3 is 2.06 bits per heavy atom. The Morgan fingerprint density at radius 2 is 1.43 bits per heavy atom. The lowest BCUT2D eigenvalue weighted by molar-refractivity contribution is -0.139. The molecule has 1 atom stereocenters. The molecule has 0 aromatic heterocycles. The van der Waals surface area contributed by atoms with Crippen molar-refractivity contribution in [2.24, 2.45) is 0 Å². The van der Waals surface area contributed by atoms with Gasteiger partial charge in [0.25, 0.3) is 5.91 Å². The second kappa shape index (κ2) is 11.2. The highest BCUT2D eigenvalue weighted by Crippen LogP contribution is 2.23. The average Bonchev–Trinajstić information content (AvgIpc) is 2.87. The number of anilines is 1. The van der Waals surface area contributed by atoms with Crippen LogP contribution in [0.2, 0.25) is 0 Å². The van der Waals surface area contributed by atoms with E-state index in [2.05, 4.69) is 22.3 Å².